The van der Waals surface area contributed by atoms with Gasteiger partial charge in [0, 0.05) is 19.2 Å². The van der Waals surface area contributed by atoms with E-state index in [0.717, 1.165) is 30.5 Å². The topological polar surface area (TPSA) is 59.3 Å². The number of anilines is 1. The molecule has 2 rings (SSSR count). The van der Waals surface area contributed by atoms with Gasteiger partial charge in [0.25, 0.3) is 5.69 Å². The maximum absolute atomic E-state index is 11.0. The van der Waals surface area contributed by atoms with Crippen LogP contribution < -0.4 is 4.90 Å². The molecule has 0 radical (unpaired) electrons. The van der Waals surface area contributed by atoms with Crippen molar-refractivity contribution >= 4 is 27.4 Å². The van der Waals surface area contributed by atoms with Crippen LogP contribution in [0.25, 0.3) is 0 Å². The second-order valence-corrected chi connectivity index (χ2v) is 7.43. The summed E-state index contributed by atoms with van der Waals surface area (Å²) < 4.78 is 0.693. The largest absolute Gasteiger partial charge is 0.356 e. The van der Waals surface area contributed by atoms with Crippen molar-refractivity contribution in [2.24, 2.45) is 11.8 Å². The predicted octanol–water partition coefficient (Wildman–Crippen LogP) is 4.71. The normalized spacial score (nSPS) is 21.9. The van der Waals surface area contributed by atoms with Crippen molar-refractivity contribution in [3.05, 3.63) is 26.3 Å². The molecule has 0 unspecified atom stereocenters. The summed E-state index contributed by atoms with van der Waals surface area (Å²) in [4.78, 5) is 17.2. The number of hydrogen-bond acceptors (Lipinski definition) is 4. The molecule has 122 valence electrons. The molecule has 1 fully saturated rings. The fraction of sp³-hybridized carbons (Fsp3) is 0.688. The molecule has 1 heterocycles. The molecule has 5 nitrogen and oxygen atoms in total. The van der Waals surface area contributed by atoms with Crippen LogP contribution in [-0.4, -0.2) is 23.0 Å². The van der Waals surface area contributed by atoms with E-state index in [0.29, 0.717) is 16.2 Å². The number of pyridine rings is 1. The van der Waals surface area contributed by atoms with Crippen LogP contribution in [0.1, 0.15) is 45.2 Å². The van der Waals surface area contributed by atoms with Gasteiger partial charge in [0.1, 0.15) is 11.5 Å². The molecule has 0 amide bonds. The predicted molar refractivity (Wildman–Crippen MR) is 92.3 cm³/mol. The molecule has 6 heteroatoms. The third-order valence-corrected chi connectivity index (χ3v) is 5.47. The molecular formula is C16H24BrN3O2. The van der Waals surface area contributed by atoms with Crippen molar-refractivity contribution in [2.45, 2.75) is 52.5 Å². The summed E-state index contributed by atoms with van der Waals surface area (Å²) in [6.45, 7) is 6.29. The first-order valence-corrected chi connectivity index (χ1v) is 8.65. The average molecular weight is 370 g/mol. The molecule has 1 aromatic rings. The van der Waals surface area contributed by atoms with Gasteiger partial charge in [-0.05, 0) is 60.4 Å². The summed E-state index contributed by atoms with van der Waals surface area (Å²) in [5.74, 6) is 2.37. The van der Waals surface area contributed by atoms with E-state index in [2.05, 4.69) is 39.7 Å². The van der Waals surface area contributed by atoms with Crippen molar-refractivity contribution < 1.29 is 4.92 Å². The standard InChI is InChI=1S/C16H24BrN3O2/c1-10(2)12-5-7-13(8-6-12)19(4)16-14(17)9-15(20(21)22)11(3)18-16/h9-10,12-13H,5-8H2,1-4H3. The third-order valence-electron chi connectivity index (χ3n) is 4.88. The van der Waals surface area contributed by atoms with Crippen molar-refractivity contribution in [1.82, 2.24) is 4.98 Å². The smallest absolute Gasteiger partial charge is 0.291 e. The van der Waals surface area contributed by atoms with E-state index in [-0.39, 0.29) is 10.6 Å². The third kappa shape index (κ3) is 3.59. The second kappa shape index (κ2) is 6.94. The first-order chi connectivity index (χ1) is 10.3. The minimum absolute atomic E-state index is 0.0625. The zero-order valence-corrected chi connectivity index (χ0v) is 15.3. The number of hydrogen-bond donors (Lipinski definition) is 0. The molecule has 22 heavy (non-hydrogen) atoms. The Labute approximate surface area is 140 Å². The highest BCUT2D eigenvalue weighted by Crippen LogP contribution is 2.36. The van der Waals surface area contributed by atoms with E-state index in [1.807, 2.05) is 7.05 Å². The molecule has 0 bridgehead atoms. The number of nitro groups is 1. The lowest BCUT2D eigenvalue weighted by Crippen LogP contribution is -2.36. The Kier molecular flexibility index (Phi) is 5.42. The van der Waals surface area contributed by atoms with Crippen LogP contribution in [0.4, 0.5) is 11.5 Å². The van der Waals surface area contributed by atoms with Gasteiger partial charge in [0.05, 0.1) is 9.40 Å². The maximum atomic E-state index is 11.0. The van der Waals surface area contributed by atoms with Crippen molar-refractivity contribution in [3.8, 4) is 0 Å². The molecule has 0 saturated heterocycles. The number of aryl methyl sites for hydroxylation is 1. The van der Waals surface area contributed by atoms with Gasteiger partial charge < -0.3 is 4.90 Å². The number of nitrogens with zero attached hydrogens (tertiary/aromatic N) is 3. The number of halogens is 1. The molecule has 1 saturated carbocycles. The first kappa shape index (κ1) is 17.2. The minimum Gasteiger partial charge on any atom is -0.356 e. The van der Waals surface area contributed by atoms with E-state index in [1.165, 1.54) is 12.8 Å². The fourth-order valence-electron chi connectivity index (χ4n) is 3.32. The van der Waals surface area contributed by atoms with Gasteiger partial charge in [-0.15, -0.1) is 0 Å². The average Bonchev–Trinajstić information content (AvgIpc) is 2.48. The van der Waals surface area contributed by atoms with Gasteiger partial charge in [0.2, 0.25) is 0 Å². The van der Waals surface area contributed by atoms with Gasteiger partial charge >= 0.3 is 0 Å². The monoisotopic (exact) mass is 369 g/mol. The van der Waals surface area contributed by atoms with Crippen LogP contribution in [0.15, 0.2) is 10.5 Å². The maximum Gasteiger partial charge on any atom is 0.291 e. The van der Waals surface area contributed by atoms with Crippen molar-refractivity contribution in [1.29, 1.82) is 0 Å². The van der Waals surface area contributed by atoms with Gasteiger partial charge in [0.15, 0.2) is 0 Å². The summed E-state index contributed by atoms with van der Waals surface area (Å²) >= 11 is 3.44. The molecule has 1 aliphatic carbocycles. The van der Waals surface area contributed by atoms with E-state index in [9.17, 15) is 10.1 Å². The van der Waals surface area contributed by atoms with Gasteiger partial charge in [-0.1, -0.05) is 13.8 Å². The molecule has 0 spiro atoms. The zero-order valence-electron chi connectivity index (χ0n) is 13.7. The quantitative estimate of drug-likeness (QED) is 0.569. The van der Waals surface area contributed by atoms with E-state index < -0.39 is 0 Å². The zero-order chi connectivity index (χ0) is 16.4. The Balaban J connectivity index is 2.15. The molecule has 1 aliphatic rings. The molecular weight excluding hydrogens is 346 g/mol. The Hall–Kier alpha value is -1.17. The summed E-state index contributed by atoms with van der Waals surface area (Å²) in [6.07, 6.45) is 4.81. The summed E-state index contributed by atoms with van der Waals surface area (Å²) in [7, 11) is 2.04. The SMILES string of the molecule is Cc1nc(N(C)C2CCC(C(C)C)CC2)c(Br)cc1[N+](=O)[O-]. The summed E-state index contributed by atoms with van der Waals surface area (Å²) in [6, 6.07) is 2.02. The van der Waals surface area contributed by atoms with Crippen LogP contribution in [0.5, 0.6) is 0 Å². The number of rotatable bonds is 4. The first-order valence-electron chi connectivity index (χ1n) is 7.85. The molecule has 0 atom stereocenters. The Morgan fingerprint density at radius 3 is 2.45 bits per heavy atom. The highest BCUT2D eigenvalue weighted by Gasteiger charge is 2.28. The molecule has 0 aliphatic heterocycles. The van der Waals surface area contributed by atoms with Gasteiger partial charge in [-0.2, -0.15) is 0 Å². The fourth-order valence-corrected chi connectivity index (χ4v) is 3.90. The minimum atomic E-state index is -0.384. The van der Waals surface area contributed by atoms with Crippen LogP contribution in [0.3, 0.4) is 0 Å². The Morgan fingerprint density at radius 2 is 1.95 bits per heavy atom. The van der Waals surface area contributed by atoms with Crippen LogP contribution in [0, 0.1) is 28.9 Å². The summed E-state index contributed by atoms with van der Waals surface area (Å²) in [5, 5.41) is 11.0. The van der Waals surface area contributed by atoms with E-state index >= 15 is 0 Å². The second-order valence-electron chi connectivity index (χ2n) is 6.58. The Bertz CT molecular complexity index is 555. The van der Waals surface area contributed by atoms with Crippen molar-refractivity contribution in [3.63, 3.8) is 0 Å². The van der Waals surface area contributed by atoms with Crippen LogP contribution in [-0.2, 0) is 0 Å². The highest BCUT2D eigenvalue weighted by molar-refractivity contribution is 9.10. The van der Waals surface area contributed by atoms with Crippen molar-refractivity contribution in [2.75, 3.05) is 11.9 Å². The molecule has 0 aromatic carbocycles. The van der Waals surface area contributed by atoms with Crippen LogP contribution >= 0.6 is 15.9 Å². The van der Waals surface area contributed by atoms with Gasteiger partial charge in [-0.25, -0.2) is 4.98 Å². The molecule has 1 aromatic heterocycles. The highest BCUT2D eigenvalue weighted by atomic mass is 79.9. The Morgan fingerprint density at radius 1 is 1.36 bits per heavy atom. The lowest BCUT2D eigenvalue weighted by Gasteiger charge is -2.37. The lowest BCUT2D eigenvalue weighted by atomic mass is 9.79. The number of aromatic nitrogens is 1. The van der Waals surface area contributed by atoms with E-state index in [4.69, 9.17) is 0 Å². The van der Waals surface area contributed by atoms with Crippen LogP contribution in [0.2, 0.25) is 0 Å². The summed E-state index contributed by atoms with van der Waals surface area (Å²) in [5.41, 5.74) is 0.526. The lowest BCUT2D eigenvalue weighted by molar-refractivity contribution is -0.385. The van der Waals surface area contributed by atoms with Gasteiger partial charge in [-0.3, -0.25) is 10.1 Å². The van der Waals surface area contributed by atoms with E-state index in [1.54, 1.807) is 13.0 Å². The molecule has 0 N–H and O–H groups in total.